The Morgan fingerprint density at radius 3 is 2.60 bits per heavy atom. The van der Waals surface area contributed by atoms with Crippen LogP contribution >= 0.6 is 0 Å². The molecule has 1 rings (SSSR count). The smallest absolute Gasteiger partial charge is 0.227 e. The van der Waals surface area contributed by atoms with Crippen LogP contribution in [0.2, 0.25) is 0 Å². The average molecular weight is 214 g/mol. The van der Waals surface area contributed by atoms with Gasteiger partial charge in [0.25, 0.3) is 0 Å². The predicted molar refractivity (Wildman–Crippen MR) is 59.3 cm³/mol. The van der Waals surface area contributed by atoms with Crippen molar-refractivity contribution in [1.82, 2.24) is 5.32 Å². The molecule has 0 aliphatic heterocycles. The lowest BCUT2D eigenvalue weighted by molar-refractivity contribution is -0.131. The number of nitrogens with two attached hydrogens (primary N) is 1. The number of hydrogen-bond donors (Lipinski definition) is 3. The molecule has 0 heterocycles. The number of aliphatic hydroxyl groups excluding tert-OH is 1. The number of carbonyl (C=O) groups excluding carboxylic acids is 1. The third-order valence-electron chi connectivity index (χ3n) is 3.37. The van der Waals surface area contributed by atoms with E-state index >= 15 is 0 Å². The molecule has 4 nitrogen and oxygen atoms in total. The molecular formula is C11H22N2O2. The van der Waals surface area contributed by atoms with Crippen molar-refractivity contribution in [2.75, 3.05) is 13.2 Å². The van der Waals surface area contributed by atoms with Crippen LogP contribution in [0.4, 0.5) is 0 Å². The molecule has 88 valence electrons. The second-order valence-electron chi connectivity index (χ2n) is 4.58. The first-order valence-corrected chi connectivity index (χ1v) is 5.76. The van der Waals surface area contributed by atoms with Gasteiger partial charge in [0.1, 0.15) is 0 Å². The summed E-state index contributed by atoms with van der Waals surface area (Å²) in [6, 6.07) is 0.0338. The van der Waals surface area contributed by atoms with Gasteiger partial charge in [-0.1, -0.05) is 12.8 Å². The van der Waals surface area contributed by atoms with E-state index in [4.69, 9.17) is 10.8 Å². The normalized spacial score (nSPS) is 21.3. The Hall–Kier alpha value is -0.610. The summed E-state index contributed by atoms with van der Waals surface area (Å²) in [6.45, 7) is 2.45. The van der Waals surface area contributed by atoms with E-state index in [1.807, 2.05) is 6.92 Å². The summed E-state index contributed by atoms with van der Waals surface area (Å²) in [6.07, 6.45) is 4.60. The third kappa shape index (κ3) is 2.92. The van der Waals surface area contributed by atoms with E-state index in [9.17, 15) is 4.79 Å². The number of nitrogens with one attached hydrogen (secondary N) is 1. The standard InChI is InChI=1S/C11H22N2O2/c1-9(4-7-14)13-10(15)11(8-12)5-2-3-6-11/h9,14H,2-8,12H2,1H3,(H,13,15). The van der Waals surface area contributed by atoms with Crippen molar-refractivity contribution in [3.8, 4) is 0 Å². The highest BCUT2D eigenvalue weighted by atomic mass is 16.3. The van der Waals surface area contributed by atoms with Crippen molar-refractivity contribution < 1.29 is 9.90 Å². The van der Waals surface area contributed by atoms with Crippen LogP contribution in [0.1, 0.15) is 39.0 Å². The lowest BCUT2D eigenvalue weighted by Crippen LogP contribution is -2.47. The van der Waals surface area contributed by atoms with E-state index in [0.717, 1.165) is 25.7 Å². The Kier molecular flexibility index (Phi) is 4.54. The van der Waals surface area contributed by atoms with E-state index < -0.39 is 0 Å². The Balaban J connectivity index is 2.50. The van der Waals surface area contributed by atoms with Crippen LogP contribution in [0.3, 0.4) is 0 Å². The van der Waals surface area contributed by atoms with Crippen molar-refractivity contribution in [3.05, 3.63) is 0 Å². The Labute approximate surface area is 91.2 Å². The highest BCUT2D eigenvalue weighted by molar-refractivity contribution is 5.83. The van der Waals surface area contributed by atoms with Crippen LogP contribution in [0.25, 0.3) is 0 Å². The summed E-state index contributed by atoms with van der Waals surface area (Å²) >= 11 is 0. The number of hydrogen-bond acceptors (Lipinski definition) is 3. The van der Waals surface area contributed by atoms with Gasteiger partial charge in [-0.15, -0.1) is 0 Å². The van der Waals surface area contributed by atoms with Gasteiger partial charge in [0.05, 0.1) is 5.41 Å². The van der Waals surface area contributed by atoms with E-state index in [0.29, 0.717) is 13.0 Å². The second kappa shape index (κ2) is 5.47. The number of amides is 1. The Bertz CT molecular complexity index is 213. The lowest BCUT2D eigenvalue weighted by Gasteiger charge is -2.27. The van der Waals surface area contributed by atoms with E-state index in [-0.39, 0.29) is 24.0 Å². The van der Waals surface area contributed by atoms with Crippen molar-refractivity contribution in [2.24, 2.45) is 11.1 Å². The number of carbonyl (C=O) groups is 1. The molecule has 1 aliphatic carbocycles. The monoisotopic (exact) mass is 214 g/mol. The minimum absolute atomic E-state index is 0.0338. The summed E-state index contributed by atoms with van der Waals surface area (Å²) in [4.78, 5) is 12.0. The van der Waals surface area contributed by atoms with Gasteiger partial charge in [-0.05, 0) is 26.2 Å². The van der Waals surface area contributed by atoms with Crippen LogP contribution in [0, 0.1) is 5.41 Å². The summed E-state index contributed by atoms with van der Waals surface area (Å²) in [5.74, 6) is 0.0726. The Morgan fingerprint density at radius 1 is 1.53 bits per heavy atom. The van der Waals surface area contributed by atoms with Gasteiger partial charge in [-0.3, -0.25) is 4.79 Å². The van der Waals surface area contributed by atoms with Crippen LogP contribution in [-0.2, 0) is 4.79 Å². The van der Waals surface area contributed by atoms with Crippen molar-refractivity contribution in [1.29, 1.82) is 0 Å². The SMILES string of the molecule is CC(CCO)NC(=O)C1(CN)CCCC1. The molecule has 1 amide bonds. The zero-order valence-electron chi connectivity index (χ0n) is 9.46. The summed E-state index contributed by atoms with van der Waals surface area (Å²) in [5, 5.41) is 11.7. The molecule has 4 heteroatoms. The fourth-order valence-electron chi connectivity index (χ4n) is 2.22. The maximum absolute atomic E-state index is 12.0. The van der Waals surface area contributed by atoms with Crippen molar-refractivity contribution in [3.63, 3.8) is 0 Å². The molecule has 1 fully saturated rings. The molecule has 4 N–H and O–H groups in total. The average Bonchev–Trinajstić information content (AvgIpc) is 2.67. The van der Waals surface area contributed by atoms with Crippen LogP contribution in [0.5, 0.6) is 0 Å². The molecule has 0 aromatic carbocycles. The molecule has 1 atom stereocenters. The van der Waals surface area contributed by atoms with Gasteiger partial charge < -0.3 is 16.2 Å². The van der Waals surface area contributed by atoms with E-state index in [2.05, 4.69) is 5.32 Å². The third-order valence-corrected chi connectivity index (χ3v) is 3.37. The molecule has 15 heavy (non-hydrogen) atoms. The number of rotatable bonds is 5. The minimum Gasteiger partial charge on any atom is -0.396 e. The first-order chi connectivity index (χ1) is 7.14. The van der Waals surface area contributed by atoms with Gasteiger partial charge in [0.2, 0.25) is 5.91 Å². The maximum atomic E-state index is 12.0. The quantitative estimate of drug-likeness (QED) is 0.620. The van der Waals surface area contributed by atoms with Gasteiger partial charge in [0, 0.05) is 19.2 Å². The molecule has 0 spiro atoms. The predicted octanol–water partition coefficient (Wildman–Crippen LogP) is 0.393. The summed E-state index contributed by atoms with van der Waals surface area (Å²) < 4.78 is 0. The molecule has 0 aromatic heterocycles. The van der Waals surface area contributed by atoms with Crippen LogP contribution in [-0.4, -0.2) is 30.2 Å². The topological polar surface area (TPSA) is 75.3 Å². The molecule has 0 radical (unpaired) electrons. The second-order valence-corrected chi connectivity index (χ2v) is 4.58. The molecule has 0 bridgehead atoms. The zero-order chi connectivity index (χ0) is 11.3. The van der Waals surface area contributed by atoms with Crippen molar-refractivity contribution in [2.45, 2.75) is 45.1 Å². The summed E-state index contributed by atoms with van der Waals surface area (Å²) in [7, 11) is 0. The van der Waals surface area contributed by atoms with Gasteiger partial charge in [-0.25, -0.2) is 0 Å². The molecule has 0 saturated heterocycles. The highest BCUT2D eigenvalue weighted by Crippen LogP contribution is 2.37. The maximum Gasteiger partial charge on any atom is 0.227 e. The zero-order valence-corrected chi connectivity index (χ0v) is 9.46. The fourth-order valence-corrected chi connectivity index (χ4v) is 2.22. The van der Waals surface area contributed by atoms with Crippen molar-refractivity contribution >= 4 is 5.91 Å². The molecule has 1 aliphatic rings. The minimum atomic E-state index is -0.330. The largest absolute Gasteiger partial charge is 0.396 e. The fraction of sp³-hybridized carbons (Fsp3) is 0.909. The molecular weight excluding hydrogens is 192 g/mol. The molecule has 1 saturated carbocycles. The van der Waals surface area contributed by atoms with E-state index in [1.165, 1.54) is 0 Å². The van der Waals surface area contributed by atoms with Crippen LogP contribution in [0.15, 0.2) is 0 Å². The number of aliphatic hydroxyl groups is 1. The van der Waals surface area contributed by atoms with Crippen LogP contribution < -0.4 is 11.1 Å². The molecule has 1 unspecified atom stereocenters. The molecule has 0 aromatic rings. The van der Waals surface area contributed by atoms with Gasteiger partial charge >= 0.3 is 0 Å². The van der Waals surface area contributed by atoms with Gasteiger partial charge in [0.15, 0.2) is 0 Å². The first kappa shape index (κ1) is 12.5. The summed E-state index contributed by atoms with van der Waals surface area (Å²) in [5.41, 5.74) is 5.38. The van der Waals surface area contributed by atoms with Gasteiger partial charge in [-0.2, -0.15) is 0 Å². The Morgan fingerprint density at radius 2 is 2.13 bits per heavy atom. The van der Waals surface area contributed by atoms with E-state index in [1.54, 1.807) is 0 Å². The first-order valence-electron chi connectivity index (χ1n) is 5.76. The highest BCUT2D eigenvalue weighted by Gasteiger charge is 2.39. The lowest BCUT2D eigenvalue weighted by atomic mass is 9.85.